The van der Waals surface area contributed by atoms with Crippen molar-refractivity contribution < 1.29 is 19.0 Å². The van der Waals surface area contributed by atoms with Crippen LogP contribution in [0.5, 0.6) is 17.2 Å². The second-order valence-electron chi connectivity index (χ2n) is 5.80. The van der Waals surface area contributed by atoms with Crippen LogP contribution in [0.4, 0.5) is 0 Å². The number of benzene rings is 2. The number of hydrogen-bond donors (Lipinski definition) is 2. The number of nitrogens with zero attached hydrogens (tertiary/aromatic N) is 1. The lowest BCUT2D eigenvalue weighted by molar-refractivity contribution is 0.0950. The first-order valence-electron chi connectivity index (χ1n) is 8.40. The summed E-state index contributed by atoms with van der Waals surface area (Å²) in [6.07, 6.45) is 0. The first kappa shape index (κ1) is 18.5. The minimum absolute atomic E-state index is 0.172. The number of amides is 1. The molecule has 0 spiro atoms. The second-order valence-corrected chi connectivity index (χ2v) is 5.80. The normalized spacial score (nSPS) is 10.4. The molecule has 1 aromatic heterocycles. The maximum absolute atomic E-state index is 12.3. The number of rotatable bonds is 8. The Morgan fingerprint density at radius 3 is 2.26 bits per heavy atom. The van der Waals surface area contributed by atoms with Gasteiger partial charge in [0.15, 0.2) is 0 Å². The van der Waals surface area contributed by atoms with Gasteiger partial charge in [0.1, 0.15) is 17.2 Å². The Balaban J connectivity index is 1.54. The highest BCUT2D eigenvalue weighted by Gasteiger charge is 2.08. The minimum Gasteiger partial charge on any atom is -0.497 e. The molecule has 0 atom stereocenters. The summed E-state index contributed by atoms with van der Waals surface area (Å²) in [4.78, 5) is 12.3. The van der Waals surface area contributed by atoms with E-state index < -0.39 is 0 Å². The number of methoxy groups -OCH3 is 2. The topological polar surface area (TPSA) is 85.5 Å². The molecule has 1 heterocycles. The summed E-state index contributed by atoms with van der Waals surface area (Å²) < 4.78 is 15.9. The van der Waals surface area contributed by atoms with Crippen molar-refractivity contribution in [3.05, 3.63) is 71.5 Å². The maximum Gasteiger partial charge on any atom is 0.251 e. The molecule has 140 valence electrons. The van der Waals surface area contributed by atoms with E-state index in [1.165, 1.54) is 0 Å². The summed E-state index contributed by atoms with van der Waals surface area (Å²) in [6.45, 7) is 0.791. The molecule has 0 aliphatic rings. The maximum atomic E-state index is 12.3. The van der Waals surface area contributed by atoms with Crippen molar-refractivity contribution in [1.29, 1.82) is 0 Å². The zero-order valence-corrected chi connectivity index (χ0v) is 15.2. The zero-order chi connectivity index (χ0) is 19.1. The minimum atomic E-state index is -0.172. The molecule has 0 bridgehead atoms. The average Bonchev–Trinajstić information content (AvgIpc) is 3.15. The van der Waals surface area contributed by atoms with Crippen LogP contribution >= 0.6 is 0 Å². The van der Waals surface area contributed by atoms with Crippen molar-refractivity contribution in [1.82, 2.24) is 15.5 Å². The second kappa shape index (κ2) is 8.86. The number of H-pyrrole nitrogens is 1. The van der Waals surface area contributed by atoms with Gasteiger partial charge in [-0.15, -0.1) is 0 Å². The van der Waals surface area contributed by atoms with Crippen LogP contribution in [0.25, 0.3) is 0 Å². The van der Waals surface area contributed by atoms with Gasteiger partial charge in [-0.05, 0) is 54.6 Å². The van der Waals surface area contributed by atoms with Gasteiger partial charge in [-0.25, -0.2) is 0 Å². The number of carbonyl (C=O) groups is 1. The van der Waals surface area contributed by atoms with Crippen molar-refractivity contribution >= 4 is 5.91 Å². The number of hydrogen-bond acceptors (Lipinski definition) is 5. The van der Waals surface area contributed by atoms with Gasteiger partial charge in [-0.3, -0.25) is 9.89 Å². The highest BCUT2D eigenvalue weighted by Crippen LogP contribution is 2.24. The summed E-state index contributed by atoms with van der Waals surface area (Å²) in [5.74, 6) is 1.93. The van der Waals surface area contributed by atoms with Gasteiger partial charge in [0.2, 0.25) is 0 Å². The van der Waals surface area contributed by atoms with E-state index in [4.69, 9.17) is 14.2 Å². The fraction of sp³-hybridized carbons (Fsp3) is 0.200. The van der Waals surface area contributed by atoms with Crippen molar-refractivity contribution in [2.24, 2.45) is 0 Å². The van der Waals surface area contributed by atoms with Gasteiger partial charge in [-0.1, -0.05) is 0 Å². The van der Waals surface area contributed by atoms with E-state index in [-0.39, 0.29) is 5.91 Å². The fourth-order valence-corrected chi connectivity index (χ4v) is 2.45. The first-order valence-corrected chi connectivity index (χ1v) is 8.40. The third kappa shape index (κ3) is 5.08. The lowest BCUT2D eigenvalue weighted by Gasteiger charge is -2.08. The van der Waals surface area contributed by atoms with Crippen LogP contribution in [-0.2, 0) is 17.9 Å². The number of nitrogens with one attached hydrogen (secondary N) is 2. The molecule has 0 saturated carbocycles. The SMILES string of the molecule is COCc1cc(CNC(=O)c2ccc(Oc3ccc(OC)cc3)cc2)[nH]n1. The molecule has 0 aliphatic carbocycles. The molecule has 2 aromatic carbocycles. The Morgan fingerprint density at radius 1 is 1.00 bits per heavy atom. The van der Waals surface area contributed by atoms with Gasteiger partial charge < -0.3 is 19.5 Å². The van der Waals surface area contributed by atoms with Crippen LogP contribution in [0.2, 0.25) is 0 Å². The summed E-state index contributed by atoms with van der Waals surface area (Å²) in [6, 6.07) is 16.1. The molecular weight excluding hydrogens is 346 g/mol. The van der Waals surface area contributed by atoms with Crippen LogP contribution in [0.1, 0.15) is 21.7 Å². The molecule has 0 fully saturated rings. The fourth-order valence-electron chi connectivity index (χ4n) is 2.45. The zero-order valence-electron chi connectivity index (χ0n) is 15.2. The molecule has 2 N–H and O–H groups in total. The Labute approximate surface area is 157 Å². The Hall–Kier alpha value is -3.32. The largest absolute Gasteiger partial charge is 0.497 e. The molecule has 27 heavy (non-hydrogen) atoms. The smallest absolute Gasteiger partial charge is 0.251 e. The van der Waals surface area contributed by atoms with Crippen LogP contribution in [0.3, 0.4) is 0 Å². The van der Waals surface area contributed by atoms with Gasteiger partial charge >= 0.3 is 0 Å². The van der Waals surface area contributed by atoms with Crippen molar-refractivity contribution in [3.63, 3.8) is 0 Å². The lowest BCUT2D eigenvalue weighted by Crippen LogP contribution is -2.22. The van der Waals surface area contributed by atoms with Gasteiger partial charge in [0.05, 0.1) is 31.6 Å². The van der Waals surface area contributed by atoms with E-state index in [0.29, 0.717) is 30.2 Å². The molecule has 3 rings (SSSR count). The summed E-state index contributed by atoms with van der Waals surface area (Å²) in [5, 5.41) is 9.81. The number of carbonyl (C=O) groups excluding carboxylic acids is 1. The van der Waals surface area contributed by atoms with Crippen molar-refractivity contribution in [2.75, 3.05) is 14.2 Å². The van der Waals surface area contributed by atoms with Crippen LogP contribution in [-0.4, -0.2) is 30.3 Å². The van der Waals surface area contributed by atoms with E-state index in [0.717, 1.165) is 17.1 Å². The molecular formula is C20H21N3O4. The Morgan fingerprint density at radius 2 is 1.63 bits per heavy atom. The molecule has 3 aromatic rings. The van der Waals surface area contributed by atoms with Gasteiger partial charge in [0.25, 0.3) is 5.91 Å². The van der Waals surface area contributed by atoms with Gasteiger partial charge in [-0.2, -0.15) is 5.10 Å². The van der Waals surface area contributed by atoms with E-state index in [1.807, 2.05) is 30.3 Å². The quantitative estimate of drug-likeness (QED) is 0.638. The first-order chi connectivity index (χ1) is 13.2. The third-order valence-electron chi connectivity index (χ3n) is 3.83. The van der Waals surface area contributed by atoms with E-state index >= 15 is 0 Å². The number of aromatic nitrogens is 2. The Bertz CT molecular complexity index is 873. The van der Waals surface area contributed by atoms with Crippen molar-refractivity contribution in [2.45, 2.75) is 13.2 Å². The Kier molecular flexibility index (Phi) is 6.06. The van der Waals surface area contributed by atoms with Crippen molar-refractivity contribution in [3.8, 4) is 17.2 Å². The molecule has 0 aliphatic heterocycles. The molecule has 1 amide bonds. The van der Waals surface area contributed by atoms with Crippen LogP contribution < -0.4 is 14.8 Å². The average molecular weight is 367 g/mol. The summed E-state index contributed by atoms with van der Waals surface area (Å²) in [7, 11) is 3.22. The molecule has 0 unspecified atom stereocenters. The van der Waals surface area contributed by atoms with Gasteiger partial charge in [0, 0.05) is 12.7 Å². The van der Waals surface area contributed by atoms with E-state index in [9.17, 15) is 4.79 Å². The van der Waals surface area contributed by atoms with E-state index in [1.54, 1.807) is 38.5 Å². The number of ether oxygens (including phenoxy) is 3. The molecule has 7 nitrogen and oxygen atoms in total. The van der Waals surface area contributed by atoms with Crippen LogP contribution in [0, 0.1) is 0 Å². The predicted octanol–water partition coefficient (Wildman–Crippen LogP) is 3.29. The lowest BCUT2D eigenvalue weighted by atomic mass is 10.2. The third-order valence-corrected chi connectivity index (χ3v) is 3.83. The van der Waals surface area contributed by atoms with Crippen LogP contribution in [0.15, 0.2) is 54.6 Å². The van der Waals surface area contributed by atoms with E-state index in [2.05, 4.69) is 15.5 Å². The predicted molar refractivity (Wildman–Crippen MR) is 100.0 cm³/mol. The summed E-state index contributed by atoms with van der Waals surface area (Å²) >= 11 is 0. The summed E-state index contributed by atoms with van der Waals surface area (Å²) in [5.41, 5.74) is 2.16. The standard InChI is InChI=1S/C20H21N3O4/c1-25-13-16-11-15(22-23-16)12-21-20(24)14-3-5-18(6-4-14)27-19-9-7-17(26-2)8-10-19/h3-11H,12-13H2,1-2H3,(H,21,24)(H,22,23). The highest BCUT2D eigenvalue weighted by molar-refractivity contribution is 5.94. The monoisotopic (exact) mass is 367 g/mol. The molecule has 0 radical (unpaired) electrons. The number of aromatic amines is 1. The highest BCUT2D eigenvalue weighted by atomic mass is 16.5. The molecule has 0 saturated heterocycles. The molecule has 7 heteroatoms.